The zero-order valence-corrected chi connectivity index (χ0v) is 11.9. The SMILES string of the molecule is N#Cc1cccc(NC(=O)CC(=O)NCc2ccccc2)c1. The first-order chi connectivity index (χ1) is 10.7. The Bertz CT molecular complexity index is 705. The Kier molecular flexibility index (Phi) is 5.27. The molecule has 0 bridgehead atoms. The zero-order valence-electron chi connectivity index (χ0n) is 11.9. The van der Waals surface area contributed by atoms with Crippen LogP contribution in [0.3, 0.4) is 0 Å². The maximum atomic E-state index is 11.8. The molecule has 0 atom stereocenters. The van der Waals surface area contributed by atoms with Crippen LogP contribution < -0.4 is 10.6 Å². The topological polar surface area (TPSA) is 82.0 Å². The van der Waals surface area contributed by atoms with Gasteiger partial charge in [0.2, 0.25) is 11.8 Å². The Labute approximate surface area is 128 Å². The van der Waals surface area contributed by atoms with Gasteiger partial charge in [-0.1, -0.05) is 36.4 Å². The first kappa shape index (κ1) is 15.3. The van der Waals surface area contributed by atoms with Crippen molar-refractivity contribution in [2.45, 2.75) is 13.0 Å². The van der Waals surface area contributed by atoms with Crippen LogP contribution in [0.15, 0.2) is 54.6 Å². The summed E-state index contributed by atoms with van der Waals surface area (Å²) in [7, 11) is 0. The molecule has 0 saturated carbocycles. The predicted octanol–water partition coefficient (Wildman–Crippen LogP) is 2.20. The van der Waals surface area contributed by atoms with Crippen LogP contribution in [0.4, 0.5) is 5.69 Å². The third-order valence-corrected chi connectivity index (χ3v) is 2.93. The summed E-state index contributed by atoms with van der Waals surface area (Å²) in [4.78, 5) is 23.5. The molecule has 0 fully saturated rings. The molecule has 0 saturated heterocycles. The van der Waals surface area contributed by atoms with E-state index in [9.17, 15) is 9.59 Å². The Morgan fingerprint density at radius 1 is 1.00 bits per heavy atom. The van der Waals surface area contributed by atoms with Gasteiger partial charge in [0.05, 0.1) is 11.6 Å². The van der Waals surface area contributed by atoms with E-state index in [1.165, 1.54) is 0 Å². The lowest BCUT2D eigenvalue weighted by Crippen LogP contribution is -2.27. The highest BCUT2D eigenvalue weighted by molar-refractivity contribution is 6.03. The van der Waals surface area contributed by atoms with Crippen LogP contribution in [-0.4, -0.2) is 11.8 Å². The first-order valence-corrected chi connectivity index (χ1v) is 6.78. The predicted molar refractivity (Wildman–Crippen MR) is 82.7 cm³/mol. The van der Waals surface area contributed by atoms with Crippen molar-refractivity contribution < 1.29 is 9.59 Å². The van der Waals surface area contributed by atoms with Gasteiger partial charge in [0, 0.05) is 12.2 Å². The molecule has 0 radical (unpaired) electrons. The molecule has 2 N–H and O–H groups in total. The molecule has 110 valence electrons. The molecule has 0 aliphatic carbocycles. The maximum Gasteiger partial charge on any atom is 0.233 e. The molecule has 2 rings (SSSR count). The molecule has 5 heteroatoms. The molecule has 0 spiro atoms. The van der Waals surface area contributed by atoms with Gasteiger partial charge in [0.25, 0.3) is 0 Å². The monoisotopic (exact) mass is 293 g/mol. The summed E-state index contributed by atoms with van der Waals surface area (Å²) in [5, 5.41) is 14.1. The summed E-state index contributed by atoms with van der Waals surface area (Å²) in [5.74, 6) is -0.765. The molecule has 0 aromatic heterocycles. The van der Waals surface area contributed by atoms with E-state index in [0.717, 1.165) is 5.56 Å². The Morgan fingerprint density at radius 2 is 1.77 bits per heavy atom. The smallest absolute Gasteiger partial charge is 0.233 e. The van der Waals surface area contributed by atoms with Crippen molar-refractivity contribution in [3.63, 3.8) is 0 Å². The number of anilines is 1. The van der Waals surface area contributed by atoms with Gasteiger partial charge in [-0.25, -0.2) is 0 Å². The van der Waals surface area contributed by atoms with E-state index in [1.807, 2.05) is 36.4 Å². The molecule has 0 unspecified atom stereocenters. The van der Waals surface area contributed by atoms with Crippen LogP contribution in [0.1, 0.15) is 17.5 Å². The van der Waals surface area contributed by atoms with E-state index in [2.05, 4.69) is 10.6 Å². The minimum Gasteiger partial charge on any atom is -0.352 e. The summed E-state index contributed by atoms with van der Waals surface area (Å²) >= 11 is 0. The van der Waals surface area contributed by atoms with Crippen LogP contribution in [0, 0.1) is 11.3 Å². The molecule has 22 heavy (non-hydrogen) atoms. The second-order valence-electron chi connectivity index (χ2n) is 4.68. The third-order valence-electron chi connectivity index (χ3n) is 2.93. The molecule has 5 nitrogen and oxygen atoms in total. The molecule has 2 amide bonds. The fourth-order valence-corrected chi connectivity index (χ4v) is 1.88. The normalized spacial score (nSPS) is 9.59. The average Bonchev–Trinajstić information content (AvgIpc) is 2.54. The van der Waals surface area contributed by atoms with Crippen LogP contribution >= 0.6 is 0 Å². The first-order valence-electron chi connectivity index (χ1n) is 6.78. The number of rotatable bonds is 5. The number of carbonyl (C=O) groups excluding carboxylic acids is 2. The Hall–Kier alpha value is -3.13. The number of carbonyl (C=O) groups is 2. The summed E-state index contributed by atoms with van der Waals surface area (Å²) in [5.41, 5.74) is 1.92. The Balaban J connectivity index is 1.81. The van der Waals surface area contributed by atoms with E-state index < -0.39 is 5.91 Å². The van der Waals surface area contributed by atoms with Gasteiger partial charge in [0.1, 0.15) is 6.42 Å². The van der Waals surface area contributed by atoms with Crippen LogP contribution in [0.25, 0.3) is 0 Å². The highest BCUT2D eigenvalue weighted by atomic mass is 16.2. The molecule has 0 heterocycles. The number of hydrogen-bond acceptors (Lipinski definition) is 3. The molecular formula is C17H15N3O2. The lowest BCUT2D eigenvalue weighted by atomic mass is 10.2. The van der Waals surface area contributed by atoms with E-state index in [0.29, 0.717) is 17.8 Å². The quantitative estimate of drug-likeness (QED) is 0.829. The lowest BCUT2D eigenvalue weighted by molar-refractivity contribution is -0.126. The number of nitrogens with zero attached hydrogens (tertiary/aromatic N) is 1. The van der Waals surface area contributed by atoms with Crippen molar-refractivity contribution in [2.75, 3.05) is 5.32 Å². The fraction of sp³-hybridized carbons (Fsp3) is 0.118. The standard InChI is InChI=1S/C17H15N3O2/c18-11-14-7-4-8-15(9-14)20-17(22)10-16(21)19-12-13-5-2-1-3-6-13/h1-9H,10,12H2,(H,19,21)(H,20,22). The van der Waals surface area contributed by atoms with Crippen LogP contribution in [0.5, 0.6) is 0 Å². The summed E-state index contributed by atoms with van der Waals surface area (Å²) in [6, 6.07) is 18.0. The second kappa shape index (κ2) is 7.60. The van der Waals surface area contributed by atoms with E-state index in [4.69, 9.17) is 5.26 Å². The van der Waals surface area contributed by atoms with Crippen molar-refractivity contribution in [2.24, 2.45) is 0 Å². The van der Waals surface area contributed by atoms with Crippen molar-refractivity contribution in [3.05, 3.63) is 65.7 Å². The third kappa shape index (κ3) is 4.76. The number of amides is 2. The number of nitrogens with one attached hydrogen (secondary N) is 2. The minimum absolute atomic E-state index is 0.260. The fourth-order valence-electron chi connectivity index (χ4n) is 1.88. The van der Waals surface area contributed by atoms with Crippen molar-refractivity contribution in [3.8, 4) is 6.07 Å². The van der Waals surface area contributed by atoms with Crippen LogP contribution in [-0.2, 0) is 16.1 Å². The molecule has 0 aliphatic heterocycles. The van der Waals surface area contributed by atoms with E-state index in [-0.39, 0.29) is 12.3 Å². The van der Waals surface area contributed by atoms with Gasteiger partial charge in [-0.05, 0) is 23.8 Å². The molecule has 2 aromatic rings. The highest BCUT2D eigenvalue weighted by Gasteiger charge is 2.09. The lowest BCUT2D eigenvalue weighted by Gasteiger charge is -2.07. The summed E-state index contributed by atoms with van der Waals surface area (Å²) in [6.45, 7) is 0.386. The van der Waals surface area contributed by atoms with Gasteiger partial charge < -0.3 is 10.6 Å². The highest BCUT2D eigenvalue weighted by Crippen LogP contribution is 2.10. The number of hydrogen-bond donors (Lipinski definition) is 2. The zero-order chi connectivity index (χ0) is 15.8. The van der Waals surface area contributed by atoms with Crippen molar-refractivity contribution >= 4 is 17.5 Å². The molecule has 0 aliphatic rings. The van der Waals surface area contributed by atoms with Crippen molar-refractivity contribution in [1.29, 1.82) is 5.26 Å². The summed E-state index contributed by atoms with van der Waals surface area (Å²) in [6.07, 6.45) is -0.260. The van der Waals surface area contributed by atoms with Gasteiger partial charge in [-0.2, -0.15) is 5.26 Å². The average molecular weight is 293 g/mol. The molecule has 2 aromatic carbocycles. The van der Waals surface area contributed by atoms with Gasteiger partial charge in [-0.15, -0.1) is 0 Å². The van der Waals surface area contributed by atoms with Gasteiger partial charge in [-0.3, -0.25) is 9.59 Å². The number of benzene rings is 2. The van der Waals surface area contributed by atoms with Gasteiger partial charge >= 0.3 is 0 Å². The largest absolute Gasteiger partial charge is 0.352 e. The van der Waals surface area contributed by atoms with E-state index in [1.54, 1.807) is 24.3 Å². The van der Waals surface area contributed by atoms with Gasteiger partial charge in [0.15, 0.2) is 0 Å². The Morgan fingerprint density at radius 3 is 2.50 bits per heavy atom. The van der Waals surface area contributed by atoms with Crippen molar-refractivity contribution in [1.82, 2.24) is 5.32 Å². The second-order valence-corrected chi connectivity index (χ2v) is 4.68. The van der Waals surface area contributed by atoms with E-state index >= 15 is 0 Å². The minimum atomic E-state index is -0.416. The summed E-state index contributed by atoms with van der Waals surface area (Å²) < 4.78 is 0. The van der Waals surface area contributed by atoms with Crippen LogP contribution in [0.2, 0.25) is 0 Å². The molecular weight excluding hydrogens is 278 g/mol. The maximum absolute atomic E-state index is 11.8. The number of nitriles is 1.